The number of rotatable bonds is 1. The van der Waals surface area contributed by atoms with Gasteiger partial charge in [0.15, 0.2) is 0 Å². The fraction of sp³-hybridized carbons (Fsp3) is 0.800. The zero-order chi connectivity index (χ0) is 10.9. The maximum absolute atomic E-state index is 11.3. The van der Waals surface area contributed by atoms with Crippen LogP contribution in [-0.4, -0.2) is 23.5 Å². The van der Waals surface area contributed by atoms with Gasteiger partial charge in [-0.25, -0.2) is 4.79 Å². The number of carbonyl (C=O) groups is 2. The van der Waals surface area contributed by atoms with Crippen LogP contribution in [-0.2, 0) is 9.53 Å². The third kappa shape index (κ3) is 2.72. The number of alkyl carbamates (subject to hydrolysis) is 1. The average molecular weight is 199 g/mol. The molecule has 1 aliphatic rings. The van der Waals surface area contributed by atoms with E-state index in [1.54, 1.807) is 0 Å². The van der Waals surface area contributed by atoms with Crippen molar-refractivity contribution in [3.05, 3.63) is 0 Å². The van der Waals surface area contributed by atoms with E-state index < -0.39 is 11.7 Å². The largest absolute Gasteiger partial charge is 0.444 e. The number of amides is 1. The van der Waals surface area contributed by atoms with E-state index in [1.165, 1.54) is 0 Å². The van der Waals surface area contributed by atoms with E-state index in [0.717, 1.165) is 0 Å². The molecule has 0 spiro atoms. The first-order valence-corrected chi connectivity index (χ1v) is 4.82. The molecule has 0 aromatic rings. The molecule has 4 heteroatoms. The maximum Gasteiger partial charge on any atom is 0.407 e. The van der Waals surface area contributed by atoms with Crippen LogP contribution in [0, 0.1) is 5.92 Å². The first kappa shape index (κ1) is 11.0. The van der Waals surface area contributed by atoms with Gasteiger partial charge in [0.2, 0.25) is 0 Å². The minimum absolute atomic E-state index is 0.0441. The molecular weight excluding hydrogens is 182 g/mol. The summed E-state index contributed by atoms with van der Waals surface area (Å²) in [6.45, 7) is 7.24. The Labute approximate surface area is 84.0 Å². The molecular formula is C10H17NO3. The monoisotopic (exact) mass is 199 g/mol. The van der Waals surface area contributed by atoms with Crippen molar-refractivity contribution in [2.24, 2.45) is 5.92 Å². The van der Waals surface area contributed by atoms with Crippen LogP contribution in [0.5, 0.6) is 0 Å². The molecule has 0 heterocycles. The highest BCUT2D eigenvalue weighted by atomic mass is 16.6. The number of carbonyl (C=O) groups excluding carboxylic acids is 2. The first-order chi connectivity index (χ1) is 6.29. The number of ether oxygens (including phenoxy) is 1. The van der Waals surface area contributed by atoms with Gasteiger partial charge in [0.1, 0.15) is 11.4 Å². The minimum Gasteiger partial charge on any atom is -0.444 e. The van der Waals surface area contributed by atoms with E-state index in [4.69, 9.17) is 4.74 Å². The van der Waals surface area contributed by atoms with Gasteiger partial charge in [0.05, 0.1) is 0 Å². The number of Topliss-reactive ketones (excluding diaryl/α,β-unsaturated/α-hetero) is 1. The van der Waals surface area contributed by atoms with Gasteiger partial charge in [-0.15, -0.1) is 0 Å². The van der Waals surface area contributed by atoms with Gasteiger partial charge >= 0.3 is 6.09 Å². The van der Waals surface area contributed by atoms with Crippen molar-refractivity contribution >= 4 is 11.9 Å². The van der Waals surface area contributed by atoms with Crippen molar-refractivity contribution in [3.8, 4) is 0 Å². The summed E-state index contributed by atoms with van der Waals surface area (Å²) >= 11 is 0. The third-order valence-electron chi connectivity index (χ3n) is 2.23. The molecule has 80 valence electrons. The normalized spacial score (nSPS) is 26.7. The summed E-state index contributed by atoms with van der Waals surface area (Å²) in [6.07, 6.45) is -0.0118. The quantitative estimate of drug-likeness (QED) is 0.696. The van der Waals surface area contributed by atoms with Crippen LogP contribution in [0.25, 0.3) is 0 Å². The molecule has 0 saturated heterocycles. The topological polar surface area (TPSA) is 55.4 Å². The Kier molecular flexibility index (Phi) is 2.83. The lowest BCUT2D eigenvalue weighted by atomic mass is 9.80. The van der Waals surface area contributed by atoms with E-state index >= 15 is 0 Å². The van der Waals surface area contributed by atoms with Crippen LogP contribution in [0.15, 0.2) is 0 Å². The summed E-state index contributed by atoms with van der Waals surface area (Å²) in [5, 5.41) is 2.67. The van der Waals surface area contributed by atoms with Gasteiger partial charge in [0, 0.05) is 18.4 Å². The van der Waals surface area contributed by atoms with E-state index in [-0.39, 0.29) is 17.7 Å². The molecule has 1 N–H and O–H groups in total. The van der Waals surface area contributed by atoms with Crippen LogP contribution in [0.2, 0.25) is 0 Å². The molecule has 1 fully saturated rings. The van der Waals surface area contributed by atoms with Crippen LogP contribution < -0.4 is 5.32 Å². The Balaban J connectivity index is 2.32. The molecule has 0 radical (unpaired) electrons. The van der Waals surface area contributed by atoms with Gasteiger partial charge < -0.3 is 10.1 Å². The Bertz CT molecular complexity index is 255. The van der Waals surface area contributed by atoms with Crippen molar-refractivity contribution in [2.75, 3.05) is 0 Å². The smallest absolute Gasteiger partial charge is 0.407 e. The summed E-state index contributed by atoms with van der Waals surface area (Å²) < 4.78 is 5.07. The van der Waals surface area contributed by atoms with Crippen LogP contribution in [0.3, 0.4) is 0 Å². The molecule has 1 aliphatic carbocycles. The molecule has 0 aromatic carbocycles. The Morgan fingerprint density at radius 2 is 2.07 bits per heavy atom. The van der Waals surface area contributed by atoms with Gasteiger partial charge in [0.25, 0.3) is 0 Å². The van der Waals surface area contributed by atoms with Gasteiger partial charge in [-0.1, -0.05) is 6.92 Å². The Morgan fingerprint density at radius 1 is 1.50 bits per heavy atom. The summed E-state index contributed by atoms with van der Waals surface area (Å²) in [4.78, 5) is 22.2. The van der Waals surface area contributed by atoms with Crippen molar-refractivity contribution in [1.82, 2.24) is 5.32 Å². The summed E-state index contributed by atoms with van der Waals surface area (Å²) in [5.41, 5.74) is -0.485. The highest BCUT2D eigenvalue weighted by Gasteiger charge is 2.37. The van der Waals surface area contributed by atoms with Crippen molar-refractivity contribution < 1.29 is 14.3 Å². The van der Waals surface area contributed by atoms with Crippen molar-refractivity contribution in [2.45, 2.75) is 45.8 Å². The number of hydrogen-bond donors (Lipinski definition) is 1. The number of nitrogens with one attached hydrogen (secondary N) is 1. The lowest BCUT2D eigenvalue weighted by molar-refractivity contribution is -0.130. The zero-order valence-electron chi connectivity index (χ0n) is 9.09. The zero-order valence-corrected chi connectivity index (χ0v) is 9.09. The first-order valence-electron chi connectivity index (χ1n) is 4.82. The van der Waals surface area contributed by atoms with Crippen LogP contribution in [0.4, 0.5) is 4.79 Å². The fourth-order valence-electron chi connectivity index (χ4n) is 1.28. The molecule has 2 atom stereocenters. The second-order valence-corrected chi connectivity index (χ2v) is 4.71. The number of hydrogen-bond acceptors (Lipinski definition) is 3. The van der Waals surface area contributed by atoms with Crippen molar-refractivity contribution in [1.29, 1.82) is 0 Å². The molecule has 0 bridgehead atoms. The molecule has 0 aliphatic heterocycles. The fourth-order valence-corrected chi connectivity index (χ4v) is 1.28. The predicted molar refractivity (Wildman–Crippen MR) is 51.9 cm³/mol. The van der Waals surface area contributed by atoms with E-state index in [2.05, 4.69) is 5.32 Å². The lowest BCUT2D eigenvalue weighted by Gasteiger charge is -2.33. The molecule has 0 unspecified atom stereocenters. The number of ketones is 1. The lowest BCUT2D eigenvalue weighted by Crippen LogP contribution is -2.52. The van der Waals surface area contributed by atoms with Crippen molar-refractivity contribution in [3.63, 3.8) is 0 Å². The molecule has 1 saturated carbocycles. The molecule has 1 rings (SSSR count). The molecule has 1 amide bonds. The second-order valence-electron chi connectivity index (χ2n) is 4.71. The second kappa shape index (κ2) is 3.59. The highest BCUT2D eigenvalue weighted by molar-refractivity contribution is 5.89. The van der Waals surface area contributed by atoms with Crippen LogP contribution >= 0.6 is 0 Å². The summed E-state index contributed by atoms with van der Waals surface area (Å²) in [7, 11) is 0. The Morgan fingerprint density at radius 3 is 2.43 bits per heavy atom. The SMILES string of the molecule is C[C@@H]1C(=O)C[C@@H]1NC(=O)OC(C)(C)C. The average Bonchev–Trinajstić information content (AvgIpc) is 2.00. The third-order valence-corrected chi connectivity index (χ3v) is 2.23. The van der Waals surface area contributed by atoms with E-state index in [1.807, 2.05) is 27.7 Å². The van der Waals surface area contributed by atoms with Crippen LogP contribution in [0.1, 0.15) is 34.1 Å². The summed E-state index contributed by atoms with van der Waals surface area (Å²) in [5.74, 6) is 0.133. The molecule has 0 aromatic heterocycles. The highest BCUT2D eigenvalue weighted by Crippen LogP contribution is 2.22. The van der Waals surface area contributed by atoms with E-state index in [0.29, 0.717) is 6.42 Å². The summed E-state index contributed by atoms with van der Waals surface area (Å²) in [6, 6.07) is -0.0441. The standard InChI is InChI=1S/C10H17NO3/c1-6-7(5-8(6)12)11-9(13)14-10(2,3)4/h6-7H,5H2,1-4H3,(H,11,13)/t6-,7-/m0/s1. The van der Waals surface area contributed by atoms with Gasteiger partial charge in [-0.2, -0.15) is 0 Å². The Hall–Kier alpha value is -1.06. The van der Waals surface area contributed by atoms with Gasteiger partial charge in [-0.05, 0) is 20.8 Å². The molecule has 14 heavy (non-hydrogen) atoms. The van der Waals surface area contributed by atoms with Gasteiger partial charge in [-0.3, -0.25) is 4.79 Å². The molecule has 4 nitrogen and oxygen atoms in total. The maximum atomic E-state index is 11.3. The van der Waals surface area contributed by atoms with E-state index in [9.17, 15) is 9.59 Å². The minimum atomic E-state index is -0.485. The predicted octanol–water partition coefficient (Wildman–Crippen LogP) is 1.49.